The van der Waals surface area contributed by atoms with E-state index in [4.69, 9.17) is 26.2 Å². The van der Waals surface area contributed by atoms with E-state index in [9.17, 15) is 4.79 Å². The van der Waals surface area contributed by atoms with Crippen LogP contribution in [0, 0.1) is 0 Å². The molecule has 0 radical (unpaired) electrons. The van der Waals surface area contributed by atoms with Gasteiger partial charge in [-0.15, -0.1) is 0 Å². The number of hydrogen-bond donors (Lipinski definition) is 1. The summed E-state index contributed by atoms with van der Waals surface area (Å²) in [5.41, 5.74) is 3.05. The third-order valence-electron chi connectivity index (χ3n) is 4.78. The highest BCUT2D eigenvalue weighted by Gasteiger charge is 2.31. The maximum Gasteiger partial charge on any atom is 0.414 e. The Hall–Kier alpha value is -2.24. The molecule has 1 aliphatic carbocycles. The molecule has 26 heavy (non-hydrogen) atoms. The molecule has 2 fully saturated rings. The Balaban J connectivity index is 1.43. The average molecular weight is 374 g/mol. The van der Waals surface area contributed by atoms with Gasteiger partial charge in [0.1, 0.15) is 18.5 Å². The largest absolute Gasteiger partial charge is 0.489 e. The molecule has 2 aliphatic rings. The van der Waals surface area contributed by atoms with Crippen molar-refractivity contribution < 1.29 is 19.4 Å². The van der Waals surface area contributed by atoms with E-state index < -0.39 is 12.2 Å². The molecule has 0 bridgehead atoms. The number of hydrogen-bond acceptors (Lipinski definition) is 4. The van der Waals surface area contributed by atoms with E-state index in [1.165, 1.54) is 23.3 Å². The first-order chi connectivity index (χ1) is 12.7. The first-order valence-electron chi connectivity index (χ1n) is 8.75. The fourth-order valence-corrected chi connectivity index (χ4v) is 3.45. The van der Waals surface area contributed by atoms with E-state index >= 15 is 0 Å². The van der Waals surface area contributed by atoms with E-state index in [0.717, 1.165) is 16.3 Å². The van der Waals surface area contributed by atoms with Gasteiger partial charge in [-0.3, -0.25) is 4.90 Å². The van der Waals surface area contributed by atoms with Crippen LogP contribution in [-0.2, 0) is 11.3 Å². The summed E-state index contributed by atoms with van der Waals surface area (Å²) < 4.78 is 11.0. The maximum absolute atomic E-state index is 11.8. The number of carbonyl (C=O) groups excluding carboxylic acids is 1. The first-order valence-corrected chi connectivity index (χ1v) is 9.12. The summed E-state index contributed by atoms with van der Waals surface area (Å²) in [5.74, 6) is 1.32. The number of amides is 1. The second kappa shape index (κ2) is 7.17. The number of ether oxygens (including phenoxy) is 2. The van der Waals surface area contributed by atoms with Crippen molar-refractivity contribution >= 4 is 23.4 Å². The van der Waals surface area contributed by atoms with Gasteiger partial charge in [-0.2, -0.15) is 0 Å². The van der Waals surface area contributed by atoms with E-state index in [0.29, 0.717) is 24.8 Å². The highest BCUT2D eigenvalue weighted by atomic mass is 35.5. The summed E-state index contributed by atoms with van der Waals surface area (Å²) >= 11 is 6.36. The van der Waals surface area contributed by atoms with Gasteiger partial charge in [0, 0.05) is 16.3 Å². The molecule has 1 atom stereocenters. The molecule has 0 spiro atoms. The number of rotatable bonds is 6. The predicted octanol–water partition coefficient (Wildman–Crippen LogP) is 4.11. The number of nitrogens with zero attached hydrogens (tertiary/aromatic N) is 1. The second-order valence-electron chi connectivity index (χ2n) is 6.66. The first kappa shape index (κ1) is 17.2. The van der Waals surface area contributed by atoms with E-state index in [1.807, 2.05) is 36.4 Å². The molecule has 1 amide bonds. The van der Waals surface area contributed by atoms with Gasteiger partial charge < -0.3 is 14.6 Å². The summed E-state index contributed by atoms with van der Waals surface area (Å²) in [6, 6.07) is 13.3. The van der Waals surface area contributed by atoms with Crippen LogP contribution in [-0.4, -0.2) is 30.5 Å². The van der Waals surface area contributed by atoms with Crippen LogP contribution >= 0.6 is 11.6 Å². The molecule has 1 unspecified atom stereocenters. The molecular weight excluding hydrogens is 354 g/mol. The monoisotopic (exact) mass is 373 g/mol. The zero-order chi connectivity index (χ0) is 18.1. The third-order valence-corrected chi connectivity index (χ3v) is 5.14. The summed E-state index contributed by atoms with van der Waals surface area (Å²) in [5, 5.41) is 9.86. The summed E-state index contributed by atoms with van der Waals surface area (Å²) in [6.07, 6.45) is 1.51. The number of benzene rings is 2. The number of carbonyl (C=O) groups is 1. The standard InChI is InChI=1S/C20H20ClNO4/c21-19-3-1-2-17(13-4-5-13)18(19)12-25-15-8-6-14(7-9-15)22-10-16(11-23)26-20(22)24/h1-3,6-9,13,16,23H,4-5,10-12H2. The highest BCUT2D eigenvalue weighted by molar-refractivity contribution is 6.31. The van der Waals surface area contributed by atoms with Gasteiger partial charge in [-0.1, -0.05) is 23.7 Å². The van der Waals surface area contributed by atoms with E-state index in [-0.39, 0.29) is 6.61 Å². The highest BCUT2D eigenvalue weighted by Crippen LogP contribution is 2.43. The predicted molar refractivity (Wildman–Crippen MR) is 98.9 cm³/mol. The van der Waals surface area contributed by atoms with Crippen LogP contribution in [0.5, 0.6) is 5.75 Å². The van der Waals surface area contributed by atoms with Crippen LogP contribution in [0.3, 0.4) is 0 Å². The lowest BCUT2D eigenvalue weighted by Gasteiger charge is -2.15. The minimum absolute atomic E-state index is 0.176. The Morgan fingerprint density at radius 2 is 1.96 bits per heavy atom. The number of anilines is 1. The normalized spacial score (nSPS) is 19.5. The van der Waals surface area contributed by atoms with Crippen molar-refractivity contribution in [1.29, 1.82) is 0 Å². The van der Waals surface area contributed by atoms with Crippen LogP contribution in [0.4, 0.5) is 10.5 Å². The number of cyclic esters (lactones) is 1. The van der Waals surface area contributed by atoms with Gasteiger partial charge in [0.05, 0.1) is 13.2 Å². The Bertz CT molecular complexity index is 804. The molecule has 4 rings (SSSR count). The Morgan fingerprint density at radius 3 is 2.62 bits per heavy atom. The van der Waals surface area contributed by atoms with Crippen LogP contribution in [0.15, 0.2) is 42.5 Å². The molecule has 6 heteroatoms. The second-order valence-corrected chi connectivity index (χ2v) is 7.07. The van der Waals surface area contributed by atoms with Crippen LogP contribution in [0.25, 0.3) is 0 Å². The molecule has 2 aromatic carbocycles. The lowest BCUT2D eigenvalue weighted by Crippen LogP contribution is -2.25. The Morgan fingerprint density at radius 1 is 1.19 bits per heavy atom. The van der Waals surface area contributed by atoms with Crippen LogP contribution in [0.1, 0.15) is 29.9 Å². The lowest BCUT2D eigenvalue weighted by atomic mass is 10.0. The zero-order valence-electron chi connectivity index (χ0n) is 14.2. The van der Waals surface area contributed by atoms with E-state index in [1.54, 1.807) is 0 Å². The van der Waals surface area contributed by atoms with Crippen LogP contribution in [0.2, 0.25) is 5.02 Å². The molecule has 0 aromatic heterocycles. The van der Waals surface area contributed by atoms with Crippen molar-refractivity contribution in [3.05, 3.63) is 58.6 Å². The number of halogens is 1. The fraction of sp³-hybridized carbons (Fsp3) is 0.350. The van der Waals surface area contributed by atoms with Gasteiger partial charge in [0.15, 0.2) is 0 Å². The lowest BCUT2D eigenvalue weighted by molar-refractivity contribution is 0.0963. The number of aliphatic hydroxyl groups excluding tert-OH is 1. The van der Waals surface area contributed by atoms with Crippen molar-refractivity contribution in [3.8, 4) is 5.75 Å². The molecule has 1 aliphatic heterocycles. The van der Waals surface area contributed by atoms with Gasteiger partial charge in [0.25, 0.3) is 0 Å². The molecule has 136 valence electrons. The van der Waals surface area contributed by atoms with Gasteiger partial charge in [0.2, 0.25) is 0 Å². The summed E-state index contributed by atoms with van der Waals surface area (Å²) in [6.45, 7) is 0.591. The average Bonchev–Trinajstić information content (AvgIpc) is 3.43. The number of aliphatic hydroxyl groups is 1. The molecule has 1 N–H and O–H groups in total. The molecule has 2 aromatic rings. The third kappa shape index (κ3) is 3.50. The van der Waals surface area contributed by atoms with Crippen molar-refractivity contribution in [1.82, 2.24) is 0 Å². The minimum Gasteiger partial charge on any atom is -0.489 e. The van der Waals surface area contributed by atoms with Crippen molar-refractivity contribution in [3.63, 3.8) is 0 Å². The van der Waals surface area contributed by atoms with Gasteiger partial charge in [-0.05, 0) is 54.7 Å². The minimum atomic E-state index is -0.473. The zero-order valence-corrected chi connectivity index (χ0v) is 15.0. The molecule has 1 saturated carbocycles. The SMILES string of the molecule is O=C1OC(CO)CN1c1ccc(OCc2c(Cl)cccc2C2CC2)cc1. The van der Waals surface area contributed by atoms with Crippen molar-refractivity contribution in [2.75, 3.05) is 18.1 Å². The van der Waals surface area contributed by atoms with E-state index in [2.05, 4.69) is 6.07 Å². The molecule has 5 nitrogen and oxygen atoms in total. The fourth-order valence-electron chi connectivity index (χ4n) is 3.21. The molecular formula is C20H20ClNO4. The summed E-state index contributed by atoms with van der Waals surface area (Å²) in [7, 11) is 0. The summed E-state index contributed by atoms with van der Waals surface area (Å²) in [4.78, 5) is 13.3. The van der Waals surface area contributed by atoms with Gasteiger partial charge in [-0.25, -0.2) is 4.79 Å². The topological polar surface area (TPSA) is 59.0 Å². The van der Waals surface area contributed by atoms with Crippen molar-refractivity contribution in [2.24, 2.45) is 0 Å². The molecule has 1 heterocycles. The Kier molecular flexibility index (Phi) is 4.74. The smallest absolute Gasteiger partial charge is 0.414 e. The maximum atomic E-state index is 11.8. The Labute approximate surface area is 157 Å². The quantitative estimate of drug-likeness (QED) is 0.827. The van der Waals surface area contributed by atoms with Gasteiger partial charge >= 0.3 is 6.09 Å². The van der Waals surface area contributed by atoms with Crippen molar-refractivity contribution in [2.45, 2.75) is 31.5 Å². The molecule has 1 saturated heterocycles. The van der Waals surface area contributed by atoms with Crippen LogP contribution < -0.4 is 9.64 Å².